The Morgan fingerprint density at radius 2 is 1.67 bits per heavy atom. The third kappa shape index (κ3) is 2.41. The molecular formula is C14H11FN2O3S. The van der Waals surface area contributed by atoms with Crippen LogP contribution in [0.25, 0.3) is 11.1 Å². The molecule has 2 aromatic carbocycles. The number of anilines is 1. The van der Waals surface area contributed by atoms with Gasteiger partial charge < -0.3 is 0 Å². The Labute approximate surface area is 121 Å². The Hall–Kier alpha value is -2.25. The van der Waals surface area contributed by atoms with Crippen molar-refractivity contribution < 1.29 is 17.6 Å². The van der Waals surface area contributed by atoms with Crippen molar-refractivity contribution in [3.63, 3.8) is 0 Å². The Bertz CT molecular complexity index is 832. The van der Waals surface area contributed by atoms with Crippen LogP contribution in [0.3, 0.4) is 0 Å². The molecule has 1 aliphatic rings. The fourth-order valence-corrected chi connectivity index (χ4v) is 3.20. The Morgan fingerprint density at radius 1 is 1.05 bits per heavy atom. The van der Waals surface area contributed by atoms with Crippen molar-refractivity contribution in [2.24, 2.45) is 5.14 Å². The van der Waals surface area contributed by atoms with Crippen LogP contribution in [0.1, 0.15) is 5.56 Å². The summed E-state index contributed by atoms with van der Waals surface area (Å²) in [4.78, 5) is 11.8. The molecule has 0 fully saturated rings. The first-order valence-electron chi connectivity index (χ1n) is 6.11. The van der Waals surface area contributed by atoms with Gasteiger partial charge >= 0.3 is 10.2 Å². The fraction of sp³-hybridized carbons (Fsp3) is 0.0714. The smallest absolute Gasteiger partial charge is 0.273 e. The highest BCUT2D eigenvalue weighted by molar-refractivity contribution is 7.91. The van der Waals surface area contributed by atoms with E-state index in [1.165, 1.54) is 18.2 Å². The highest BCUT2D eigenvalue weighted by Gasteiger charge is 2.34. The number of amides is 1. The lowest BCUT2D eigenvalue weighted by Gasteiger charge is -2.14. The van der Waals surface area contributed by atoms with Crippen LogP contribution in [-0.2, 0) is 21.4 Å². The number of carbonyl (C=O) groups is 1. The van der Waals surface area contributed by atoms with Crippen molar-refractivity contribution in [2.75, 3.05) is 4.31 Å². The minimum Gasteiger partial charge on any atom is -0.273 e. The number of nitrogens with zero attached hydrogens (tertiary/aromatic N) is 1. The highest BCUT2D eigenvalue weighted by Crippen LogP contribution is 2.34. The van der Waals surface area contributed by atoms with E-state index in [0.29, 0.717) is 9.87 Å². The summed E-state index contributed by atoms with van der Waals surface area (Å²) in [5.41, 5.74) is 2.41. The van der Waals surface area contributed by atoms with Crippen LogP contribution < -0.4 is 9.44 Å². The van der Waals surface area contributed by atoms with Crippen LogP contribution >= 0.6 is 0 Å². The number of benzene rings is 2. The number of halogens is 1. The molecule has 0 bridgehead atoms. The average molecular weight is 306 g/mol. The molecular weight excluding hydrogens is 295 g/mol. The molecule has 0 saturated heterocycles. The maximum atomic E-state index is 12.9. The number of nitrogens with two attached hydrogens (primary N) is 1. The van der Waals surface area contributed by atoms with Crippen molar-refractivity contribution in [3.8, 4) is 11.1 Å². The zero-order chi connectivity index (χ0) is 15.2. The number of hydrogen-bond acceptors (Lipinski definition) is 3. The molecule has 3 rings (SSSR count). The third-order valence-electron chi connectivity index (χ3n) is 3.30. The van der Waals surface area contributed by atoms with E-state index in [1.54, 1.807) is 24.3 Å². The van der Waals surface area contributed by atoms with Crippen molar-refractivity contribution in [1.29, 1.82) is 0 Å². The second-order valence-corrected chi connectivity index (χ2v) is 6.13. The quantitative estimate of drug-likeness (QED) is 0.915. The van der Waals surface area contributed by atoms with Gasteiger partial charge in [-0.15, -0.1) is 0 Å². The van der Waals surface area contributed by atoms with Crippen LogP contribution in [0.15, 0.2) is 42.5 Å². The maximum Gasteiger partial charge on any atom is 0.305 e. The van der Waals surface area contributed by atoms with Gasteiger partial charge in [0, 0.05) is 0 Å². The lowest BCUT2D eigenvalue weighted by molar-refractivity contribution is -0.116. The summed E-state index contributed by atoms with van der Waals surface area (Å²) in [5.74, 6) is -0.917. The summed E-state index contributed by atoms with van der Waals surface area (Å²) in [7, 11) is -4.11. The third-order valence-corrected chi connectivity index (χ3v) is 4.21. The van der Waals surface area contributed by atoms with Gasteiger partial charge in [0.2, 0.25) is 5.91 Å². The number of carbonyl (C=O) groups excluding carboxylic acids is 1. The van der Waals surface area contributed by atoms with E-state index in [4.69, 9.17) is 5.14 Å². The first-order chi connectivity index (χ1) is 9.86. The Kier molecular flexibility index (Phi) is 3.03. The summed E-state index contributed by atoms with van der Waals surface area (Å²) in [6, 6.07) is 10.8. The van der Waals surface area contributed by atoms with E-state index in [2.05, 4.69) is 0 Å². The molecule has 0 spiro atoms. The van der Waals surface area contributed by atoms with Gasteiger partial charge in [0.25, 0.3) is 0 Å². The molecule has 0 aliphatic carbocycles. The minimum atomic E-state index is -4.11. The van der Waals surface area contributed by atoms with Crippen molar-refractivity contribution in [3.05, 3.63) is 53.8 Å². The van der Waals surface area contributed by atoms with E-state index < -0.39 is 16.1 Å². The largest absolute Gasteiger partial charge is 0.305 e. The van der Waals surface area contributed by atoms with Gasteiger partial charge in [-0.1, -0.05) is 18.2 Å². The molecule has 2 aromatic rings. The van der Waals surface area contributed by atoms with Gasteiger partial charge in [-0.2, -0.15) is 12.7 Å². The molecule has 5 nitrogen and oxygen atoms in total. The average Bonchev–Trinajstić information content (AvgIpc) is 2.74. The second-order valence-electron chi connectivity index (χ2n) is 4.73. The molecule has 1 aliphatic heterocycles. The lowest BCUT2D eigenvalue weighted by Crippen LogP contribution is -2.38. The molecule has 1 heterocycles. The monoisotopic (exact) mass is 306 g/mol. The van der Waals surface area contributed by atoms with Crippen molar-refractivity contribution in [2.45, 2.75) is 6.42 Å². The SMILES string of the molecule is NS(=O)(=O)N1C(=O)Cc2cc(-c3ccc(F)cc3)ccc21. The maximum absolute atomic E-state index is 12.9. The van der Waals surface area contributed by atoms with Crippen LogP contribution in [0.4, 0.5) is 10.1 Å². The van der Waals surface area contributed by atoms with Gasteiger partial charge in [-0.25, -0.2) is 9.53 Å². The Morgan fingerprint density at radius 3 is 2.29 bits per heavy atom. The fourth-order valence-electron chi connectivity index (χ4n) is 2.40. The second kappa shape index (κ2) is 4.64. The molecule has 0 aromatic heterocycles. The summed E-state index contributed by atoms with van der Waals surface area (Å²) in [6.45, 7) is 0. The highest BCUT2D eigenvalue weighted by atomic mass is 32.2. The minimum absolute atomic E-state index is 0.0270. The molecule has 0 radical (unpaired) electrons. The van der Waals surface area contributed by atoms with Gasteiger partial charge in [-0.3, -0.25) is 4.79 Å². The summed E-state index contributed by atoms with van der Waals surface area (Å²) in [6.07, 6.45) is -0.0270. The normalized spacial score (nSPS) is 14.4. The molecule has 1 amide bonds. The van der Waals surface area contributed by atoms with Gasteiger partial charge in [0.15, 0.2) is 0 Å². The molecule has 108 valence electrons. The molecule has 2 N–H and O–H groups in total. The van der Waals surface area contributed by atoms with Gasteiger partial charge in [-0.05, 0) is 41.0 Å². The van der Waals surface area contributed by atoms with Gasteiger partial charge in [0.1, 0.15) is 5.82 Å². The summed E-state index contributed by atoms with van der Waals surface area (Å²) >= 11 is 0. The van der Waals surface area contributed by atoms with Crippen LogP contribution in [0.2, 0.25) is 0 Å². The Balaban J connectivity index is 2.07. The van der Waals surface area contributed by atoms with E-state index in [0.717, 1.165) is 11.1 Å². The summed E-state index contributed by atoms with van der Waals surface area (Å²) in [5, 5.41) is 5.05. The van der Waals surface area contributed by atoms with Crippen LogP contribution in [0, 0.1) is 5.82 Å². The summed E-state index contributed by atoms with van der Waals surface area (Å²) < 4.78 is 36.4. The zero-order valence-corrected chi connectivity index (χ0v) is 11.6. The lowest BCUT2D eigenvalue weighted by atomic mass is 10.0. The van der Waals surface area contributed by atoms with Crippen LogP contribution in [-0.4, -0.2) is 14.3 Å². The zero-order valence-electron chi connectivity index (χ0n) is 10.8. The molecule has 7 heteroatoms. The predicted molar refractivity (Wildman–Crippen MR) is 76.1 cm³/mol. The number of fused-ring (bicyclic) bond motifs is 1. The standard InChI is InChI=1S/C14H11FN2O3S/c15-12-4-1-9(2-5-12)10-3-6-13-11(7-10)8-14(18)17(13)21(16,19)20/h1-7H,8H2,(H2,16,19,20). The van der Waals surface area contributed by atoms with Gasteiger partial charge in [0.05, 0.1) is 12.1 Å². The first kappa shape index (κ1) is 13.7. The van der Waals surface area contributed by atoms with Crippen molar-refractivity contribution in [1.82, 2.24) is 0 Å². The molecule has 0 atom stereocenters. The molecule has 21 heavy (non-hydrogen) atoms. The van der Waals surface area contributed by atoms with Crippen molar-refractivity contribution >= 4 is 21.8 Å². The topological polar surface area (TPSA) is 80.5 Å². The molecule has 0 unspecified atom stereocenters. The predicted octanol–water partition coefficient (Wildman–Crippen LogP) is 1.59. The van der Waals surface area contributed by atoms with E-state index in [-0.39, 0.29) is 17.9 Å². The van der Waals surface area contributed by atoms with E-state index in [9.17, 15) is 17.6 Å². The number of rotatable bonds is 2. The van der Waals surface area contributed by atoms with E-state index in [1.807, 2.05) is 0 Å². The first-order valence-corrected chi connectivity index (χ1v) is 7.61. The van der Waals surface area contributed by atoms with Crippen LogP contribution in [0.5, 0.6) is 0 Å². The van der Waals surface area contributed by atoms with E-state index >= 15 is 0 Å². The number of hydrogen-bond donors (Lipinski definition) is 1. The molecule has 0 saturated carbocycles.